The monoisotopic (exact) mass is 774 g/mol. The fourth-order valence-electron chi connectivity index (χ4n) is 5.70. The number of carbonyl (C=O) groups is 5. The van der Waals surface area contributed by atoms with E-state index in [0.29, 0.717) is 11.6 Å². The average molecular weight is 775 g/mol. The summed E-state index contributed by atoms with van der Waals surface area (Å²) in [6, 6.07) is 24.4. The van der Waals surface area contributed by atoms with E-state index in [1.165, 1.54) is 16.9 Å². The largest absolute Gasteiger partial charge is 0.480 e. The van der Waals surface area contributed by atoms with E-state index >= 15 is 0 Å². The van der Waals surface area contributed by atoms with Gasteiger partial charge in [0.15, 0.2) is 5.13 Å². The first-order chi connectivity index (χ1) is 26.1. The van der Waals surface area contributed by atoms with Gasteiger partial charge in [0, 0.05) is 23.9 Å². The Morgan fingerprint density at radius 1 is 0.691 bits per heavy atom. The maximum Gasteiger partial charge on any atom is 0.408 e. The third kappa shape index (κ3) is 15.3. The SMILES string of the molecule is CC(C)CC(C(=O)O)N(CCC(=O)Nc1nc(-c2ccccc2)cs1)C(=O)O.CC(C)CC(NC(Cc1ccc(Cc2ccccc2)cc1)C(=O)O)C(=O)O. The zero-order valence-electron chi connectivity index (χ0n) is 31.4. The summed E-state index contributed by atoms with van der Waals surface area (Å²) >= 11 is 1.27. The predicted molar refractivity (Wildman–Crippen MR) is 211 cm³/mol. The Kier molecular flexibility index (Phi) is 17.5. The van der Waals surface area contributed by atoms with Crippen molar-refractivity contribution in [3.8, 4) is 11.3 Å². The lowest BCUT2D eigenvalue weighted by atomic mass is 9.99. The third-order valence-corrected chi connectivity index (χ3v) is 9.18. The second kappa shape index (κ2) is 21.9. The molecule has 0 saturated carbocycles. The highest BCUT2D eigenvalue weighted by Crippen LogP contribution is 2.25. The summed E-state index contributed by atoms with van der Waals surface area (Å²) in [5.74, 6) is -3.54. The molecule has 1 heterocycles. The van der Waals surface area contributed by atoms with Gasteiger partial charge in [0.05, 0.1) is 5.69 Å². The minimum absolute atomic E-state index is 0.00324. The van der Waals surface area contributed by atoms with Crippen LogP contribution >= 0.6 is 11.3 Å². The zero-order chi connectivity index (χ0) is 40.5. The van der Waals surface area contributed by atoms with E-state index in [1.54, 1.807) is 0 Å². The van der Waals surface area contributed by atoms with Crippen LogP contribution in [0.2, 0.25) is 0 Å². The molecule has 0 aliphatic heterocycles. The molecule has 0 spiro atoms. The molecule has 0 fully saturated rings. The smallest absolute Gasteiger partial charge is 0.408 e. The highest BCUT2D eigenvalue weighted by molar-refractivity contribution is 7.14. The molecule has 13 nitrogen and oxygen atoms in total. The normalized spacial score (nSPS) is 12.5. The molecular weight excluding hydrogens is 725 g/mol. The number of carboxylic acid groups (broad SMARTS) is 4. The zero-order valence-corrected chi connectivity index (χ0v) is 32.2. The second-order valence-corrected chi connectivity index (χ2v) is 14.8. The Balaban J connectivity index is 0.000000296. The fourth-order valence-corrected chi connectivity index (χ4v) is 6.44. The molecule has 4 rings (SSSR count). The van der Waals surface area contributed by atoms with Gasteiger partial charge in [-0.3, -0.25) is 24.6 Å². The summed E-state index contributed by atoms with van der Waals surface area (Å²) in [6.45, 7) is 7.25. The summed E-state index contributed by atoms with van der Waals surface area (Å²) in [4.78, 5) is 63.3. The number of thiazole rings is 1. The van der Waals surface area contributed by atoms with Crippen LogP contribution < -0.4 is 10.6 Å². The van der Waals surface area contributed by atoms with Gasteiger partial charge in [0.2, 0.25) is 5.91 Å². The molecule has 3 atom stereocenters. The van der Waals surface area contributed by atoms with Crippen molar-refractivity contribution >= 4 is 46.4 Å². The highest BCUT2D eigenvalue weighted by atomic mass is 32.1. The number of rotatable bonds is 19. The van der Waals surface area contributed by atoms with Crippen molar-refractivity contribution in [1.82, 2.24) is 15.2 Å². The molecule has 0 aliphatic rings. The maximum absolute atomic E-state index is 12.2. The van der Waals surface area contributed by atoms with Crippen LogP contribution in [-0.2, 0) is 32.0 Å². The van der Waals surface area contributed by atoms with Gasteiger partial charge in [-0.1, -0.05) is 113 Å². The Hall–Kier alpha value is -5.60. The number of carbonyl (C=O) groups excluding carboxylic acids is 1. The van der Waals surface area contributed by atoms with E-state index in [9.17, 15) is 44.4 Å². The number of nitrogens with one attached hydrogen (secondary N) is 2. The Labute approximate surface area is 325 Å². The van der Waals surface area contributed by atoms with Crippen molar-refractivity contribution in [2.75, 3.05) is 11.9 Å². The molecule has 2 amide bonds. The van der Waals surface area contributed by atoms with Gasteiger partial charge in [-0.2, -0.15) is 0 Å². The number of aromatic nitrogens is 1. The van der Waals surface area contributed by atoms with E-state index < -0.39 is 48.0 Å². The molecule has 294 valence electrons. The summed E-state index contributed by atoms with van der Waals surface area (Å²) in [6.07, 6.45) is 0.0983. The molecular formula is C41H50N4O9S. The highest BCUT2D eigenvalue weighted by Gasteiger charge is 2.31. The molecule has 14 heteroatoms. The number of hydrogen-bond acceptors (Lipinski definition) is 8. The first-order valence-corrected chi connectivity index (χ1v) is 18.9. The number of carboxylic acids is 3. The van der Waals surface area contributed by atoms with E-state index in [-0.39, 0.29) is 37.6 Å². The van der Waals surface area contributed by atoms with Gasteiger partial charge < -0.3 is 25.7 Å². The first-order valence-electron chi connectivity index (χ1n) is 18.0. The van der Waals surface area contributed by atoms with Crippen molar-refractivity contribution in [2.45, 2.75) is 77.9 Å². The van der Waals surface area contributed by atoms with Gasteiger partial charge in [-0.05, 0) is 54.2 Å². The van der Waals surface area contributed by atoms with Gasteiger partial charge in [-0.15, -0.1) is 11.3 Å². The van der Waals surface area contributed by atoms with Crippen LogP contribution in [0, 0.1) is 11.8 Å². The van der Waals surface area contributed by atoms with E-state index in [4.69, 9.17) is 0 Å². The molecule has 0 radical (unpaired) electrons. The number of hydrogen-bond donors (Lipinski definition) is 6. The summed E-state index contributed by atoms with van der Waals surface area (Å²) in [5, 5.41) is 45.2. The van der Waals surface area contributed by atoms with Crippen LogP contribution in [0.1, 0.15) is 63.6 Å². The molecule has 0 aliphatic carbocycles. The standard InChI is InChI=1S/C22H27NO4.C19H23N3O5S/c1-15(2)12-19(21(24)25)23-20(22(26)27)14-18-10-8-17(9-11-18)13-16-6-4-3-5-7-16;1-12(2)10-15(17(24)25)22(19(26)27)9-8-16(23)21-18-20-14(11-28-18)13-6-4-3-5-7-13/h3-11,15,19-20,23H,12-14H2,1-2H3,(H,24,25)(H,26,27);3-7,11-12,15H,8-10H2,1-2H3,(H,24,25)(H,26,27)(H,20,21,23). The van der Waals surface area contributed by atoms with Gasteiger partial charge in [0.25, 0.3) is 0 Å². The van der Waals surface area contributed by atoms with Gasteiger partial charge >= 0.3 is 24.0 Å². The summed E-state index contributed by atoms with van der Waals surface area (Å²) < 4.78 is 0. The van der Waals surface area contributed by atoms with Crippen LogP contribution in [0.4, 0.5) is 9.93 Å². The van der Waals surface area contributed by atoms with Gasteiger partial charge in [0.1, 0.15) is 18.1 Å². The lowest BCUT2D eigenvalue weighted by molar-refractivity contribution is -0.144. The Morgan fingerprint density at radius 3 is 1.76 bits per heavy atom. The Bertz CT molecular complexity index is 1830. The molecule has 3 unspecified atom stereocenters. The lowest BCUT2D eigenvalue weighted by Gasteiger charge is -2.27. The van der Waals surface area contributed by atoms with Gasteiger partial charge in [-0.25, -0.2) is 14.6 Å². The number of nitrogens with zero attached hydrogens (tertiary/aromatic N) is 2. The summed E-state index contributed by atoms with van der Waals surface area (Å²) in [5.41, 5.74) is 4.88. The van der Waals surface area contributed by atoms with Crippen LogP contribution in [0.25, 0.3) is 11.3 Å². The fraction of sp³-hybridized carbons (Fsp3) is 0.366. The number of amides is 2. The van der Waals surface area contributed by atoms with Crippen molar-refractivity contribution in [3.63, 3.8) is 0 Å². The minimum atomic E-state index is -1.36. The quantitative estimate of drug-likeness (QED) is 0.0573. The first kappa shape index (κ1) is 43.8. The topological polar surface area (TPSA) is 206 Å². The van der Waals surface area contributed by atoms with Crippen molar-refractivity contribution < 1.29 is 44.4 Å². The Morgan fingerprint density at radius 2 is 1.24 bits per heavy atom. The maximum atomic E-state index is 12.2. The van der Waals surface area contributed by atoms with Crippen LogP contribution in [0.5, 0.6) is 0 Å². The number of benzene rings is 3. The van der Waals surface area contributed by atoms with Crippen molar-refractivity contribution in [1.29, 1.82) is 0 Å². The predicted octanol–water partition coefficient (Wildman–Crippen LogP) is 6.98. The molecule has 0 saturated heterocycles. The van der Waals surface area contributed by atoms with E-state index in [1.807, 2.05) is 106 Å². The second-order valence-electron chi connectivity index (χ2n) is 13.9. The lowest BCUT2D eigenvalue weighted by Crippen LogP contribution is -2.48. The van der Waals surface area contributed by atoms with Crippen LogP contribution in [-0.4, -0.2) is 84.9 Å². The third-order valence-electron chi connectivity index (χ3n) is 8.42. The molecule has 6 N–H and O–H groups in total. The van der Waals surface area contributed by atoms with Crippen LogP contribution in [0.3, 0.4) is 0 Å². The van der Waals surface area contributed by atoms with Crippen molar-refractivity contribution in [2.24, 2.45) is 11.8 Å². The number of anilines is 1. The van der Waals surface area contributed by atoms with Crippen molar-refractivity contribution in [3.05, 3.63) is 107 Å². The number of aliphatic carboxylic acids is 3. The average Bonchev–Trinajstić information content (AvgIpc) is 3.60. The molecule has 0 bridgehead atoms. The molecule has 1 aromatic heterocycles. The molecule has 4 aromatic rings. The van der Waals surface area contributed by atoms with E-state index in [2.05, 4.69) is 27.8 Å². The molecule has 3 aromatic carbocycles. The van der Waals surface area contributed by atoms with Crippen LogP contribution in [0.15, 0.2) is 90.3 Å². The molecule has 55 heavy (non-hydrogen) atoms. The minimum Gasteiger partial charge on any atom is -0.480 e. The summed E-state index contributed by atoms with van der Waals surface area (Å²) in [7, 11) is 0. The van der Waals surface area contributed by atoms with E-state index in [0.717, 1.165) is 33.7 Å².